The monoisotopic (exact) mass is 255 g/mol. The molecule has 1 atom stereocenters. The van der Waals surface area contributed by atoms with Crippen molar-refractivity contribution in [2.24, 2.45) is 0 Å². The number of aromatic nitrogens is 3. The Hall–Kier alpha value is -1.04. The lowest BCUT2D eigenvalue weighted by molar-refractivity contribution is 0.181. The summed E-state index contributed by atoms with van der Waals surface area (Å²) in [6, 6.07) is 1.80. The lowest BCUT2D eigenvalue weighted by Crippen LogP contribution is -2.02. The van der Waals surface area contributed by atoms with Crippen molar-refractivity contribution in [1.29, 1.82) is 0 Å². The molecule has 0 spiro atoms. The number of aliphatic hydroxyl groups excluding tert-OH is 1. The van der Waals surface area contributed by atoms with Gasteiger partial charge in [-0.3, -0.25) is 4.98 Å². The van der Waals surface area contributed by atoms with Crippen LogP contribution in [0.3, 0.4) is 0 Å². The molecule has 0 aliphatic heterocycles. The fourth-order valence-electron chi connectivity index (χ4n) is 1.41. The predicted octanol–water partition coefficient (Wildman–Crippen LogP) is 2.17. The molecule has 0 aliphatic rings. The molecule has 0 saturated heterocycles. The van der Waals surface area contributed by atoms with Crippen molar-refractivity contribution in [2.45, 2.75) is 19.4 Å². The van der Waals surface area contributed by atoms with Gasteiger partial charge in [-0.15, -0.1) is 5.10 Å². The number of pyridine rings is 1. The molecule has 16 heavy (non-hydrogen) atoms. The Morgan fingerprint density at radius 2 is 2.38 bits per heavy atom. The molecule has 4 nitrogen and oxygen atoms in total. The summed E-state index contributed by atoms with van der Waals surface area (Å²) in [6.07, 6.45) is 3.07. The average molecular weight is 256 g/mol. The number of halogens is 1. The van der Waals surface area contributed by atoms with Crippen LogP contribution in [0.2, 0.25) is 5.02 Å². The summed E-state index contributed by atoms with van der Waals surface area (Å²) in [5.74, 6) is 0. The molecule has 0 radical (unpaired) electrons. The number of nitrogens with zero attached hydrogens (tertiary/aromatic N) is 3. The number of rotatable bonds is 3. The molecule has 0 aromatic carbocycles. The second-order valence-corrected chi connectivity index (χ2v) is 4.60. The molecule has 0 saturated carbocycles. The van der Waals surface area contributed by atoms with Crippen LogP contribution in [0, 0.1) is 6.92 Å². The number of aryl methyl sites for hydroxylation is 1. The first-order chi connectivity index (χ1) is 7.68. The van der Waals surface area contributed by atoms with E-state index in [1.165, 1.54) is 11.5 Å². The smallest absolute Gasteiger partial charge is 0.0957 e. The standard InChI is InChI=1S/C10H10ClN3OS/c1-6-10(16-14-13-6)9(15)4-7-2-3-12-5-8(7)11/h2-3,5,9,15H,4H2,1H3. The van der Waals surface area contributed by atoms with Crippen LogP contribution >= 0.6 is 23.1 Å². The molecule has 0 amide bonds. The topological polar surface area (TPSA) is 58.9 Å². The predicted molar refractivity (Wildman–Crippen MR) is 62.6 cm³/mol. The maximum absolute atomic E-state index is 10.0. The molecule has 0 aliphatic carbocycles. The summed E-state index contributed by atoms with van der Waals surface area (Å²) in [7, 11) is 0. The van der Waals surface area contributed by atoms with Crippen molar-refractivity contribution in [3.8, 4) is 0 Å². The fourth-order valence-corrected chi connectivity index (χ4v) is 2.24. The summed E-state index contributed by atoms with van der Waals surface area (Å²) in [5, 5.41) is 14.5. The number of hydrogen-bond acceptors (Lipinski definition) is 5. The molecular formula is C10H10ClN3OS. The SMILES string of the molecule is Cc1nnsc1C(O)Cc1ccncc1Cl. The largest absolute Gasteiger partial charge is 0.387 e. The van der Waals surface area contributed by atoms with Crippen molar-refractivity contribution in [1.82, 2.24) is 14.6 Å². The Morgan fingerprint density at radius 3 is 3.00 bits per heavy atom. The van der Waals surface area contributed by atoms with Gasteiger partial charge in [0.25, 0.3) is 0 Å². The van der Waals surface area contributed by atoms with Gasteiger partial charge in [0, 0.05) is 18.8 Å². The zero-order chi connectivity index (χ0) is 11.5. The van der Waals surface area contributed by atoms with E-state index < -0.39 is 6.10 Å². The van der Waals surface area contributed by atoms with E-state index in [1.54, 1.807) is 18.5 Å². The van der Waals surface area contributed by atoms with E-state index in [4.69, 9.17) is 11.6 Å². The van der Waals surface area contributed by atoms with Crippen LogP contribution in [0.15, 0.2) is 18.5 Å². The summed E-state index contributed by atoms with van der Waals surface area (Å²) in [6.45, 7) is 1.83. The third-order valence-electron chi connectivity index (χ3n) is 2.26. The van der Waals surface area contributed by atoms with Crippen LogP contribution in [-0.2, 0) is 6.42 Å². The van der Waals surface area contributed by atoms with Crippen molar-refractivity contribution < 1.29 is 5.11 Å². The van der Waals surface area contributed by atoms with Gasteiger partial charge in [0.1, 0.15) is 0 Å². The Labute approximate surface area is 102 Å². The van der Waals surface area contributed by atoms with E-state index in [2.05, 4.69) is 14.6 Å². The molecule has 6 heteroatoms. The van der Waals surface area contributed by atoms with Crippen LogP contribution in [0.5, 0.6) is 0 Å². The molecule has 2 aromatic heterocycles. The quantitative estimate of drug-likeness (QED) is 0.913. The van der Waals surface area contributed by atoms with Crippen LogP contribution < -0.4 is 0 Å². The van der Waals surface area contributed by atoms with Crippen LogP contribution in [-0.4, -0.2) is 19.7 Å². The minimum absolute atomic E-state index is 0.450. The van der Waals surface area contributed by atoms with Gasteiger partial charge in [-0.2, -0.15) is 0 Å². The Balaban J connectivity index is 2.17. The lowest BCUT2D eigenvalue weighted by atomic mass is 10.1. The van der Waals surface area contributed by atoms with Crippen molar-refractivity contribution in [3.05, 3.63) is 39.6 Å². The lowest BCUT2D eigenvalue weighted by Gasteiger charge is -2.09. The molecule has 2 heterocycles. The Bertz CT molecular complexity index is 488. The van der Waals surface area contributed by atoms with Gasteiger partial charge >= 0.3 is 0 Å². The molecule has 2 aromatic rings. The van der Waals surface area contributed by atoms with Gasteiger partial charge in [0.2, 0.25) is 0 Å². The normalized spacial score (nSPS) is 12.7. The molecule has 0 fully saturated rings. The molecule has 1 unspecified atom stereocenters. The first-order valence-corrected chi connectivity index (χ1v) is 5.89. The van der Waals surface area contributed by atoms with E-state index >= 15 is 0 Å². The number of hydrogen-bond donors (Lipinski definition) is 1. The van der Waals surface area contributed by atoms with Crippen LogP contribution in [0.25, 0.3) is 0 Å². The van der Waals surface area contributed by atoms with Crippen LogP contribution in [0.4, 0.5) is 0 Å². The van der Waals surface area contributed by atoms with Gasteiger partial charge in [-0.1, -0.05) is 16.1 Å². The van der Waals surface area contributed by atoms with Gasteiger partial charge in [0.05, 0.1) is 21.7 Å². The average Bonchev–Trinajstić information content (AvgIpc) is 2.68. The van der Waals surface area contributed by atoms with Gasteiger partial charge in [-0.05, 0) is 30.1 Å². The molecule has 0 bridgehead atoms. The highest BCUT2D eigenvalue weighted by molar-refractivity contribution is 7.05. The van der Waals surface area contributed by atoms with Gasteiger partial charge in [-0.25, -0.2) is 0 Å². The second-order valence-electron chi connectivity index (χ2n) is 3.41. The third-order valence-corrected chi connectivity index (χ3v) is 3.53. The highest BCUT2D eigenvalue weighted by atomic mass is 35.5. The van der Waals surface area contributed by atoms with Gasteiger partial charge < -0.3 is 5.11 Å². The van der Waals surface area contributed by atoms with E-state index in [-0.39, 0.29) is 0 Å². The first kappa shape index (κ1) is 11.4. The van der Waals surface area contributed by atoms with E-state index in [9.17, 15) is 5.11 Å². The molecule has 1 N–H and O–H groups in total. The molecule has 2 rings (SSSR count). The second kappa shape index (κ2) is 4.86. The molecule has 84 valence electrons. The highest BCUT2D eigenvalue weighted by Crippen LogP contribution is 2.25. The van der Waals surface area contributed by atoms with Crippen molar-refractivity contribution in [3.63, 3.8) is 0 Å². The zero-order valence-electron chi connectivity index (χ0n) is 8.59. The molecular weight excluding hydrogens is 246 g/mol. The van der Waals surface area contributed by atoms with E-state index in [1.807, 2.05) is 6.92 Å². The van der Waals surface area contributed by atoms with Crippen LogP contribution in [0.1, 0.15) is 22.2 Å². The zero-order valence-corrected chi connectivity index (χ0v) is 10.2. The van der Waals surface area contributed by atoms with E-state index in [0.29, 0.717) is 11.4 Å². The van der Waals surface area contributed by atoms with Gasteiger partial charge in [0.15, 0.2) is 0 Å². The Kier molecular flexibility index (Phi) is 3.48. The highest BCUT2D eigenvalue weighted by Gasteiger charge is 2.16. The fraction of sp³-hybridized carbons (Fsp3) is 0.300. The van der Waals surface area contributed by atoms with E-state index in [0.717, 1.165) is 16.1 Å². The maximum atomic E-state index is 10.0. The van der Waals surface area contributed by atoms with Crippen molar-refractivity contribution in [2.75, 3.05) is 0 Å². The maximum Gasteiger partial charge on any atom is 0.0957 e. The summed E-state index contributed by atoms with van der Waals surface area (Å²) in [4.78, 5) is 4.68. The third kappa shape index (κ3) is 2.37. The summed E-state index contributed by atoms with van der Waals surface area (Å²) < 4.78 is 3.79. The minimum Gasteiger partial charge on any atom is -0.387 e. The summed E-state index contributed by atoms with van der Waals surface area (Å²) >= 11 is 7.18. The number of aliphatic hydroxyl groups is 1. The Morgan fingerprint density at radius 1 is 1.56 bits per heavy atom. The first-order valence-electron chi connectivity index (χ1n) is 4.74. The summed E-state index contributed by atoms with van der Waals surface area (Å²) in [5.41, 5.74) is 1.64. The van der Waals surface area contributed by atoms with Crippen molar-refractivity contribution >= 4 is 23.1 Å². The minimum atomic E-state index is -0.611.